The van der Waals surface area contributed by atoms with Crippen molar-refractivity contribution in [1.82, 2.24) is 9.97 Å². The van der Waals surface area contributed by atoms with Gasteiger partial charge in [-0.15, -0.1) is 0 Å². The molecule has 1 aromatic heterocycles. The Morgan fingerprint density at radius 2 is 1.79 bits per heavy atom. The van der Waals surface area contributed by atoms with E-state index < -0.39 is 0 Å². The minimum atomic E-state index is 0.707. The van der Waals surface area contributed by atoms with Crippen molar-refractivity contribution in [3.05, 3.63) is 42.2 Å². The molecule has 0 unspecified atom stereocenters. The standard InChI is InChI=1S/C14H15N3.C2H6/c15-7-3-6-14-16-12-8-10-4-1-2-5-11(10)9-13(12)17-14;1-2/h1-2,4-5,8-9H,3,6-7,15H2,(H,16,17);1-2H3. The third-order valence-electron chi connectivity index (χ3n) is 3.02. The van der Waals surface area contributed by atoms with Crippen LogP contribution in [0.15, 0.2) is 36.4 Å². The van der Waals surface area contributed by atoms with Crippen LogP contribution in [0.3, 0.4) is 0 Å². The molecule has 0 atom stereocenters. The van der Waals surface area contributed by atoms with Gasteiger partial charge in [0.15, 0.2) is 0 Å². The Hall–Kier alpha value is -1.87. The lowest BCUT2D eigenvalue weighted by molar-refractivity contribution is 0.796. The maximum Gasteiger partial charge on any atom is 0.107 e. The molecule has 0 amide bonds. The van der Waals surface area contributed by atoms with Crippen LogP contribution in [0.2, 0.25) is 0 Å². The number of aryl methyl sites for hydroxylation is 1. The zero-order chi connectivity index (χ0) is 13.7. The Bertz CT molecular complexity index is 603. The molecule has 2 aromatic carbocycles. The lowest BCUT2D eigenvalue weighted by atomic mass is 10.1. The topological polar surface area (TPSA) is 54.7 Å². The molecule has 0 saturated carbocycles. The molecule has 3 N–H and O–H groups in total. The van der Waals surface area contributed by atoms with Gasteiger partial charge >= 0.3 is 0 Å². The highest BCUT2D eigenvalue weighted by molar-refractivity contribution is 5.95. The Morgan fingerprint density at radius 3 is 2.47 bits per heavy atom. The van der Waals surface area contributed by atoms with Crippen molar-refractivity contribution in [3.8, 4) is 0 Å². The molecule has 0 spiro atoms. The number of H-pyrrole nitrogens is 1. The summed E-state index contributed by atoms with van der Waals surface area (Å²) in [6.45, 7) is 4.71. The Balaban J connectivity index is 0.000000637. The number of hydrogen-bond donors (Lipinski definition) is 2. The van der Waals surface area contributed by atoms with Gasteiger partial charge in [0, 0.05) is 6.42 Å². The van der Waals surface area contributed by atoms with Gasteiger partial charge < -0.3 is 10.7 Å². The van der Waals surface area contributed by atoms with Crippen LogP contribution in [0.25, 0.3) is 21.8 Å². The number of fused-ring (bicyclic) bond motifs is 2. The van der Waals surface area contributed by atoms with Crippen LogP contribution in [-0.2, 0) is 6.42 Å². The van der Waals surface area contributed by atoms with Gasteiger partial charge in [-0.05, 0) is 35.9 Å². The molecule has 19 heavy (non-hydrogen) atoms. The Morgan fingerprint density at radius 1 is 1.11 bits per heavy atom. The summed E-state index contributed by atoms with van der Waals surface area (Å²) >= 11 is 0. The predicted octanol–water partition coefficient (Wildman–Crippen LogP) is 3.63. The van der Waals surface area contributed by atoms with Crippen LogP contribution >= 0.6 is 0 Å². The van der Waals surface area contributed by atoms with Gasteiger partial charge in [0.2, 0.25) is 0 Å². The van der Waals surface area contributed by atoms with E-state index in [0.717, 1.165) is 29.7 Å². The molecule has 0 bridgehead atoms. The molecule has 0 fully saturated rings. The fourth-order valence-electron chi connectivity index (χ4n) is 2.14. The van der Waals surface area contributed by atoms with Crippen LogP contribution in [0.5, 0.6) is 0 Å². The summed E-state index contributed by atoms with van der Waals surface area (Å²) < 4.78 is 0. The minimum absolute atomic E-state index is 0.707. The molecular formula is C16H21N3. The second-order valence-electron chi connectivity index (χ2n) is 4.29. The quantitative estimate of drug-likeness (QED) is 0.750. The summed E-state index contributed by atoms with van der Waals surface area (Å²) in [6.07, 6.45) is 1.89. The monoisotopic (exact) mass is 255 g/mol. The van der Waals surface area contributed by atoms with Gasteiger partial charge in [0.05, 0.1) is 11.0 Å². The van der Waals surface area contributed by atoms with E-state index in [-0.39, 0.29) is 0 Å². The molecule has 0 aliphatic rings. The molecule has 0 aliphatic carbocycles. The molecule has 1 heterocycles. The number of benzene rings is 2. The summed E-state index contributed by atoms with van der Waals surface area (Å²) in [6, 6.07) is 12.6. The molecular weight excluding hydrogens is 234 g/mol. The average molecular weight is 255 g/mol. The molecule has 100 valence electrons. The van der Waals surface area contributed by atoms with Crippen molar-refractivity contribution in [2.45, 2.75) is 26.7 Å². The van der Waals surface area contributed by atoms with E-state index in [1.807, 2.05) is 13.8 Å². The van der Waals surface area contributed by atoms with E-state index in [9.17, 15) is 0 Å². The van der Waals surface area contributed by atoms with E-state index in [1.165, 1.54) is 10.8 Å². The second-order valence-corrected chi connectivity index (χ2v) is 4.29. The number of rotatable bonds is 3. The molecule has 3 rings (SSSR count). The number of nitrogens with zero attached hydrogens (tertiary/aromatic N) is 1. The van der Waals surface area contributed by atoms with Crippen molar-refractivity contribution in [2.24, 2.45) is 5.73 Å². The third kappa shape index (κ3) is 2.93. The van der Waals surface area contributed by atoms with Gasteiger partial charge in [0.1, 0.15) is 5.82 Å². The fourth-order valence-corrected chi connectivity index (χ4v) is 2.14. The second kappa shape index (κ2) is 6.34. The van der Waals surface area contributed by atoms with Gasteiger partial charge in [-0.25, -0.2) is 4.98 Å². The zero-order valence-electron chi connectivity index (χ0n) is 11.6. The van der Waals surface area contributed by atoms with Crippen LogP contribution < -0.4 is 5.73 Å². The van der Waals surface area contributed by atoms with Crippen molar-refractivity contribution in [1.29, 1.82) is 0 Å². The Kier molecular flexibility index (Phi) is 4.53. The number of aromatic amines is 1. The summed E-state index contributed by atoms with van der Waals surface area (Å²) in [7, 11) is 0. The average Bonchev–Trinajstić information content (AvgIpc) is 2.86. The highest BCUT2D eigenvalue weighted by Crippen LogP contribution is 2.21. The number of hydrogen-bond acceptors (Lipinski definition) is 2. The first-order valence-electron chi connectivity index (χ1n) is 6.94. The highest BCUT2D eigenvalue weighted by atomic mass is 14.9. The van der Waals surface area contributed by atoms with Crippen molar-refractivity contribution >= 4 is 21.8 Å². The first kappa shape index (κ1) is 13.6. The number of nitrogens with one attached hydrogen (secondary N) is 1. The highest BCUT2D eigenvalue weighted by Gasteiger charge is 2.03. The van der Waals surface area contributed by atoms with E-state index in [4.69, 9.17) is 5.73 Å². The first-order chi connectivity index (χ1) is 9.36. The lowest BCUT2D eigenvalue weighted by Crippen LogP contribution is -2.01. The normalized spacial score (nSPS) is 10.5. The van der Waals surface area contributed by atoms with Gasteiger partial charge in [-0.3, -0.25) is 0 Å². The van der Waals surface area contributed by atoms with Gasteiger partial charge in [0.25, 0.3) is 0 Å². The largest absolute Gasteiger partial charge is 0.342 e. The van der Waals surface area contributed by atoms with Crippen LogP contribution in [0.4, 0.5) is 0 Å². The maximum absolute atomic E-state index is 5.51. The van der Waals surface area contributed by atoms with Crippen molar-refractivity contribution in [2.75, 3.05) is 6.54 Å². The molecule has 3 heteroatoms. The number of aromatic nitrogens is 2. The molecule has 3 aromatic rings. The SMILES string of the molecule is CC.NCCCc1nc2cc3ccccc3cc2[nH]1. The van der Waals surface area contributed by atoms with Crippen molar-refractivity contribution < 1.29 is 0 Å². The van der Waals surface area contributed by atoms with Crippen molar-refractivity contribution in [3.63, 3.8) is 0 Å². The summed E-state index contributed by atoms with van der Waals surface area (Å²) in [5, 5.41) is 2.48. The van der Waals surface area contributed by atoms with Gasteiger partial charge in [-0.1, -0.05) is 38.1 Å². The van der Waals surface area contributed by atoms with Crippen LogP contribution in [-0.4, -0.2) is 16.5 Å². The third-order valence-corrected chi connectivity index (χ3v) is 3.02. The number of imidazole rings is 1. The van der Waals surface area contributed by atoms with Gasteiger partial charge in [-0.2, -0.15) is 0 Å². The van der Waals surface area contributed by atoms with E-state index in [1.54, 1.807) is 0 Å². The molecule has 0 aliphatic heterocycles. The first-order valence-corrected chi connectivity index (χ1v) is 6.94. The van der Waals surface area contributed by atoms with Crippen LogP contribution in [0, 0.1) is 0 Å². The van der Waals surface area contributed by atoms with E-state index in [0.29, 0.717) is 6.54 Å². The van der Waals surface area contributed by atoms with E-state index >= 15 is 0 Å². The lowest BCUT2D eigenvalue weighted by Gasteiger charge is -1.95. The molecule has 0 saturated heterocycles. The maximum atomic E-state index is 5.51. The smallest absolute Gasteiger partial charge is 0.107 e. The number of nitrogens with two attached hydrogens (primary N) is 1. The predicted molar refractivity (Wildman–Crippen MR) is 82.3 cm³/mol. The summed E-state index contributed by atoms with van der Waals surface area (Å²) in [5.41, 5.74) is 7.66. The van der Waals surface area contributed by atoms with Crippen LogP contribution in [0.1, 0.15) is 26.1 Å². The zero-order valence-corrected chi connectivity index (χ0v) is 11.6. The fraction of sp³-hybridized carbons (Fsp3) is 0.312. The summed E-state index contributed by atoms with van der Waals surface area (Å²) in [4.78, 5) is 7.95. The van der Waals surface area contributed by atoms with E-state index in [2.05, 4.69) is 46.4 Å². The summed E-state index contributed by atoms with van der Waals surface area (Å²) in [5.74, 6) is 1.03. The molecule has 0 radical (unpaired) electrons. The Labute approximate surface area is 113 Å². The molecule has 3 nitrogen and oxygen atoms in total. The minimum Gasteiger partial charge on any atom is -0.342 e.